The van der Waals surface area contributed by atoms with Gasteiger partial charge < -0.3 is 14.6 Å². The molecular formula is C14H27N3O2. The van der Waals surface area contributed by atoms with Gasteiger partial charge in [0.15, 0.2) is 0 Å². The number of hydrogen-bond acceptors (Lipinski definition) is 5. The molecule has 3 atom stereocenters. The van der Waals surface area contributed by atoms with Crippen molar-refractivity contribution < 1.29 is 9.26 Å². The third-order valence-corrected chi connectivity index (χ3v) is 3.37. The Hall–Kier alpha value is -0.940. The van der Waals surface area contributed by atoms with Crippen molar-refractivity contribution >= 4 is 0 Å². The summed E-state index contributed by atoms with van der Waals surface area (Å²) >= 11 is 0. The van der Waals surface area contributed by atoms with Crippen molar-refractivity contribution in [2.45, 2.75) is 65.5 Å². The lowest BCUT2D eigenvalue weighted by molar-refractivity contribution is 0.0518. The van der Waals surface area contributed by atoms with E-state index in [1.54, 1.807) is 0 Å². The molecular weight excluding hydrogens is 242 g/mol. The molecule has 110 valence electrons. The first-order chi connectivity index (χ1) is 9.17. The zero-order valence-corrected chi connectivity index (χ0v) is 12.8. The largest absolute Gasteiger partial charge is 0.370 e. The second kappa shape index (κ2) is 8.27. The SMILES string of the molecule is CCNC(C)C(CC)c1nc(C(CC)OCC)no1. The van der Waals surface area contributed by atoms with Gasteiger partial charge in [0.2, 0.25) is 11.7 Å². The van der Waals surface area contributed by atoms with Gasteiger partial charge in [-0.1, -0.05) is 25.9 Å². The van der Waals surface area contributed by atoms with E-state index in [2.05, 4.69) is 43.2 Å². The van der Waals surface area contributed by atoms with Crippen LogP contribution < -0.4 is 5.32 Å². The molecule has 0 bridgehead atoms. The Kier molecular flexibility index (Phi) is 7.02. The van der Waals surface area contributed by atoms with E-state index in [1.807, 2.05) is 6.92 Å². The molecule has 0 radical (unpaired) electrons. The lowest BCUT2D eigenvalue weighted by Gasteiger charge is -2.19. The molecule has 0 aliphatic rings. The third-order valence-electron chi connectivity index (χ3n) is 3.37. The number of hydrogen-bond donors (Lipinski definition) is 1. The molecule has 0 amide bonds. The number of nitrogens with zero attached hydrogens (tertiary/aromatic N) is 2. The first-order valence-corrected chi connectivity index (χ1v) is 7.36. The highest BCUT2D eigenvalue weighted by atomic mass is 16.5. The van der Waals surface area contributed by atoms with E-state index < -0.39 is 0 Å². The molecule has 1 aromatic rings. The fourth-order valence-corrected chi connectivity index (χ4v) is 2.31. The van der Waals surface area contributed by atoms with E-state index in [4.69, 9.17) is 9.26 Å². The second-order valence-corrected chi connectivity index (χ2v) is 4.70. The topological polar surface area (TPSA) is 60.2 Å². The van der Waals surface area contributed by atoms with Gasteiger partial charge in [0.1, 0.15) is 6.10 Å². The molecule has 0 saturated heterocycles. The van der Waals surface area contributed by atoms with Crippen molar-refractivity contribution in [3.05, 3.63) is 11.7 Å². The molecule has 0 aromatic carbocycles. The third kappa shape index (κ3) is 4.28. The highest BCUT2D eigenvalue weighted by molar-refractivity contribution is 4.99. The zero-order chi connectivity index (χ0) is 14.3. The molecule has 0 aliphatic carbocycles. The van der Waals surface area contributed by atoms with Gasteiger partial charge in [0.25, 0.3) is 0 Å². The van der Waals surface area contributed by atoms with E-state index in [0.717, 1.165) is 19.4 Å². The quantitative estimate of drug-likeness (QED) is 0.746. The molecule has 1 N–H and O–H groups in total. The normalized spacial score (nSPS) is 16.3. The molecule has 0 aliphatic heterocycles. The Labute approximate surface area is 116 Å². The summed E-state index contributed by atoms with van der Waals surface area (Å²) in [5.74, 6) is 1.63. The van der Waals surface area contributed by atoms with Crippen LogP contribution in [0.5, 0.6) is 0 Å². The second-order valence-electron chi connectivity index (χ2n) is 4.70. The minimum absolute atomic E-state index is 0.0607. The zero-order valence-electron chi connectivity index (χ0n) is 12.8. The van der Waals surface area contributed by atoms with Crippen LogP contribution in [0.25, 0.3) is 0 Å². The number of likely N-dealkylation sites (N-methyl/N-ethyl adjacent to an activating group) is 1. The molecule has 5 heteroatoms. The monoisotopic (exact) mass is 269 g/mol. The van der Waals surface area contributed by atoms with Crippen LogP contribution in [0.15, 0.2) is 4.52 Å². The lowest BCUT2D eigenvalue weighted by Crippen LogP contribution is -2.31. The minimum Gasteiger partial charge on any atom is -0.370 e. The van der Waals surface area contributed by atoms with Crippen LogP contribution in [0.2, 0.25) is 0 Å². The van der Waals surface area contributed by atoms with Gasteiger partial charge in [-0.25, -0.2) is 0 Å². The summed E-state index contributed by atoms with van der Waals surface area (Å²) in [4.78, 5) is 4.53. The summed E-state index contributed by atoms with van der Waals surface area (Å²) in [6.45, 7) is 12.0. The molecule has 0 saturated carbocycles. The van der Waals surface area contributed by atoms with Gasteiger partial charge in [0, 0.05) is 12.6 Å². The highest BCUT2D eigenvalue weighted by Crippen LogP contribution is 2.25. The summed E-state index contributed by atoms with van der Waals surface area (Å²) < 4.78 is 11.0. The molecule has 1 heterocycles. The Morgan fingerprint density at radius 2 is 1.95 bits per heavy atom. The van der Waals surface area contributed by atoms with Gasteiger partial charge >= 0.3 is 0 Å². The van der Waals surface area contributed by atoms with E-state index in [9.17, 15) is 0 Å². The molecule has 3 unspecified atom stereocenters. The van der Waals surface area contributed by atoms with Gasteiger partial charge in [-0.2, -0.15) is 4.98 Å². The Bertz CT molecular complexity index is 354. The smallest absolute Gasteiger partial charge is 0.231 e. The number of nitrogens with one attached hydrogen (secondary N) is 1. The van der Waals surface area contributed by atoms with Crippen molar-refractivity contribution in [2.75, 3.05) is 13.2 Å². The maximum absolute atomic E-state index is 5.61. The van der Waals surface area contributed by atoms with Crippen LogP contribution in [0, 0.1) is 0 Å². The summed E-state index contributed by atoms with van der Waals surface area (Å²) in [6.07, 6.45) is 1.77. The van der Waals surface area contributed by atoms with Crippen LogP contribution in [0.3, 0.4) is 0 Å². The average Bonchev–Trinajstić information content (AvgIpc) is 2.86. The fraction of sp³-hybridized carbons (Fsp3) is 0.857. The van der Waals surface area contributed by atoms with Gasteiger partial charge in [0.05, 0.1) is 5.92 Å². The van der Waals surface area contributed by atoms with Crippen LogP contribution in [-0.2, 0) is 4.74 Å². The molecule has 0 fully saturated rings. The number of ether oxygens (including phenoxy) is 1. The van der Waals surface area contributed by atoms with Crippen LogP contribution in [0.1, 0.15) is 71.2 Å². The van der Waals surface area contributed by atoms with Crippen molar-refractivity contribution in [2.24, 2.45) is 0 Å². The molecule has 1 aromatic heterocycles. The molecule has 1 rings (SSSR count). The van der Waals surface area contributed by atoms with Gasteiger partial charge in [-0.3, -0.25) is 0 Å². The van der Waals surface area contributed by atoms with Gasteiger partial charge in [-0.15, -0.1) is 0 Å². The van der Waals surface area contributed by atoms with E-state index >= 15 is 0 Å². The Morgan fingerprint density at radius 1 is 1.21 bits per heavy atom. The molecule has 19 heavy (non-hydrogen) atoms. The number of aromatic nitrogens is 2. The van der Waals surface area contributed by atoms with Crippen molar-refractivity contribution in [1.82, 2.24) is 15.5 Å². The standard InChI is InChI=1S/C14H27N3O2/c1-6-11(10(5)15-8-3)14-16-13(17-19-14)12(7-2)18-9-4/h10-12,15H,6-9H2,1-5H3. The number of rotatable bonds is 9. The maximum Gasteiger partial charge on any atom is 0.231 e. The minimum atomic E-state index is -0.0607. The lowest BCUT2D eigenvalue weighted by atomic mass is 9.98. The Balaban J connectivity index is 2.80. The summed E-state index contributed by atoms with van der Waals surface area (Å²) in [7, 11) is 0. The van der Waals surface area contributed by atoms with Crippen LogP contribution >= 0.6 is 0 Å². The van der Waals surface area contributed by atoms with E-state index in [-0.39, 0.29) is 12.0 Å². The van der Waals surface area contributed by atoms with Crippen molar-refractivity contribution in [3.8, 4) is 0 Å². The first-order valence-electron chi connectivity index (χ1n) is 7.36. The predicted octanol–water partition coefficient (Wildman–Crippen LogP) is 3.05. The van der Waals surface area contributed by atoms with E-state index in [1.165, 1.54) is 0 Å². The Morgan fingerprint density at radius 3 is 2.47 bits per heavy atom. The summed E-state index contributed by atoms with van der Waals surface area (Å²) in [6, 6.07) is 0.329. The summed E-state index contributed by atoms with van der Waals surface area (Å²) in [5.41, 5.74) is 0. The van der Waals surface area contributed by atoms with Crippen LogP contribution in [-0.4, -0.2) is 29.3 Å². The van der Waals surface area contributed by atoms with Crippen LogP contribution in [0.4, 0.5) is 0 Å². The van der Waals surface area contributed by atoms with Gasteiger partial charge in [-0.05, 0) is 33.2 Å². The van der Waals surface area contributed by atoms with Crippen molar-refractivity contribution in [3.63, 3.8) is 0 Å². The highest BCUT2D eigenvalue weighted by Gasteiger charge is 2.25. The molecule has 0 spiro atoms. The predicted molar refractivity (Wildman–Crippen MR) is 75.1 cm³/mol. The van der Waals surface area contributed by atoms with Crippen molar-refractivity contribution in [1.29, 1.82) is 0 Å². The maximum atomic E-state index is 5.61. The van der Waals surface area contributed by atoms with E-state index in [0.29, 0.717) is 24.4 Å². The molecule has 5 nitrogen and oxygen atoms in total. The average molecular weight is 269 g/mol. The summed E-state index contributed by atoms with van der Waals surface area (Å²) in [5, 5.41) is 7.49. The first kappa shape index (κ1) is 16.1. The fourth-order valence-electron chi connectivity index (χ4n) is 2.31.